The molecule has 0 unspecified atom stereocenters. The van der Waals surface area contributed by atoms with Crippen LogP contribution < -0.4 is 0 Å². The number of carbonyl (C=O) groups excluding carboxylic acids is 1. The fourth-order valence-corrected chi connectivity index (χ4v) is 1.30. The lowest BCUT2D eigenvalue weighted by Gasteiger charge is -2.02. The fraction of sp³-hybridized carbons (Fsp3) is 0.231. The van der Waals surface area contributed by atoms with Crippen LogP contribution in [0.1, 0.15) is 12.5 Å². The highest BCUT2D eigenvalue weighted by molar-refractivity contribution is 5.92. The standard InChI is InChI=1S/C13H13NO4/c1-2-18-13(17)10(8-14)5-3-9-4-6-11(15)12(16)7-9/h4-7,15-16H,2-3H2,1H3. The summed E-state index contributed by atoms with van der Waals surface area (Å²) in [6.07, 6.45) is 1.71. The Hall–Kier alpha value is -2.48. The molecular formula is C13H13NO4. The van der Waals surface area contributed by atoms with E-state index in [4.69, 9.17) is 15.1 Å². The van der Waals surface area contributed by atoms with Crippen molar-refractivity contribution in [1.82, 2.24) is 0 Å². The molecule has 0 radical (unpaired) electrons. The first-order chi connectivity index (χ1) is 8.58. The van der Waals surface area contributed by atoms with Crippen LogP contribution in [0.25, 0.3) is 0 Å². The van der Waals surface area contributed by atoms with Gasteiger partial charge in [0.25, 0.3) is 0 Å². The topological polar surface area (TPSA) is 90.6 Å². The predicted molar refractivity (Wildman–Crippen MR) is 63.8 cm³/mol. The SMILES string of the molecule is CCOC(=O)C(C#N)=CCc1ccc(O)c(O)c1. The molecule has 0 bridgehead atoms. The number of benzene rings is 1. The van der Waals surface area contributed by atoms with Crippen molar-refractivity contribution in [3.8, 4) is 17.6 Å². The summed E-state index contributed by atoms with van der Waals surface area (Å²) in [4.78, 5) is 11.3. The number of hydrogen-bond donors (Lipinski definition) is 2. The van der Waals surface area contributed by atoms with Crippen LogP contribution in [0.4, 0.5) is 0 Å². The lowest BCUT2D eigenvalue weighted by molar-refractivity contribution is -0.138. The Labute approximate surface area is 105 Å². The Kier molecular flexibility index (Phi) is 4.76. The Morgan fingerprint density at radius 2 is 2.17 bits per heavy atom. The first-order valence-corrected chi connectivity index (χ1v) is 5.36. The van der Waals surface area contributed by atoms with Crippen molar-refractivity contribution in [2.45, 2.75) is 13.3 Å². The molecule has 0 saturated heterocycles. The summed E-state index contributed by atoms with van der Waals surface area (Å²) in [5, 5.41) is 27.2. The first-order valence-electron chi connectivity index (χ1n) is 5.36. The molecule has 5 heteroatoms. The van der Waals surface area contributed by atoms with Gasteiger partial charge in [-0.3, -0.25) is 0 Å². The van der Waals surface area contributed by atoms with Crippen LogP contribution in [0.2, 0.25) is 0 Å². The third-order valence-electron chi connectivity index (χ3n) is 2.20. The van der Waals surface area contributed by atoms with E-state index in [1.165, 1.54) is 18.2 Å². The van der Waals surface area contributed by atoms with Crippen LogP contribution in [0.15, 0.2) is 29.8 Å². The van der Waals surface area contributed by atoms with Crippen LogP contribution in [-0.2, 0) is 16.0 Å². The van der Waals surface area contributed by atoms with E-state index in [9.17, 15) is 9.90 Å². The minimum atomic E-state index is -0.664. The van der Waals surface area contributed by atoms with Gasteiger partial charge >= 0.3 is 5.97 Å². The van der Waals surface area contributed by atoms with Crippen molar-refractivity contribution >= 4 is 5.97 Å². The average Bonchev–Trinajstić information content (AvgIpc) is 2.34. The van der Waals surface area contributed by atoms with Crippen LogP contribution in [0.5, 0.6) is 11.5 Å². The molecule has 0 saturated carbocycles. The molecule has 0 aliphatic rings. The maximum absolute atomic E-state index is 11.3. The normalized spacial score (nSPS) is 10.8. The van der Waals surface area contributed by atoms with Gasteiger partial charge in [0, 0.05) is 0 Å². The molecule has 0 spiro atoms. The molecule has 94 valence electrons. The van der Waals surface area contributed by atoms with E-state index >= 15 is 0 Å². The monoisotopic (exact) mass is 247 g/mol. The Morgan fingerprint density at radius 3 is 2.72 bits per heavy atom. The number of nitrogens with zero attached hydrogens (tertiary/aromatic N) is 1. The van der Waals surface area contributed by atoms with Crippen molar-refractivity contribution in [3.05, 3.63) is 35.4 Å². The molecule has 0 atom stereocenters. The van der Waals surface area contributed by atoms with Gasteiger partial charge in [-0.15, -0.1) is 0 Å². The number of carbonyl (C=O) groups is 1. The molecule has 0 aliphatic heterocycles. The Bertz CT molecular complexity index is 514. The highest BCUT2D eigenvalue weighted by Gasteiger charge is 2.09. The summed E-state index contributed by atoms with van der Waals surface area (Å²) in [5.74, 6) is -1.12. The second kappa shape index (κ2) is 6.30. The van der Waals surface area contributed by atoms with Gasteiger partial charge in [-0.05, 0) is 31.0 Å². The number of rotatable bonds is 4. The second-order valence-corrected chi connectivity index (χ2v) is 3.48. The number of allylic oxidation sites excluding steroid dienone is 1. The molecule has 1 aromatic carbocycles. The van der Waals surface area contributed by atoms with Crippen molar-refractivity contribution in [2.24, 2.45) is 0 Å². The first kappa shape index (κ1) is 13.6. The lowest BCUT2D eigenvalue weighted by Crippen LogP contribution is -2.06. The number of hydrogen-bond acceptors (Lipinski definition) is 5. The van der Waals surface area contributed by atoms with Gasteiger partial charge in [-0.1, -0.05) is 12.1 Å². The third kappa shape index (κ3) is 3.52. The zero-order valence-electron chi connectivity index (χ0n) is 9.88. The Balaban J connectivity index is 2.80. The third-order valence-corrected chi connectivity index (χ3v) is 2.20. The van der Waals surface area contributed by atoms with Gasteiger partial charge in [-0.25, -0.2) is 4.79 Å². The second-order valence-electron chi connectivity index (χ2n) is 3.48. The smallest absolute Gasteiger partial charge is 0.348 e. The minimum Gasteiger partial charge on any atom is -0.504 e. The summed E-state index contributed by atoms with van der Waals surface area (Å²) in [6.45, 7) is 1.86. The minimum absolute atomic E-state index is 0.0792. The molecule has 0 aromatic heterocycles. The van der Waals surface area contributed by atoms with Crippen LogP contribution in [0, 0.1) is 11.3 Å². The maximum Gasteiger partial charge on any atom is 0.348 e. The van der Waals surface area contributed by atoms with E-state index < -0.39 is 5.97 Å². The molecular weight excluding hydrogens is 234 g/mol. The zero-order valence-corrected chi connectivity index (χ0v) is 9.88. The van der Waals surface area contributed by atoms with Crippen molar-refractivity contribution < 1.29 is 19.7 Å². The van der Waals surface area contributed by atoms with E-state index in [2.05, 4.69) is 0 Å². The number of esters is 1. The number of aromatic hydroxyl groups is 2. The number of phenols is 2. The summed E-state index contributed by atoms with van der Waals surface area (Å²) in [7, 11) is 0. The van der Waals surface area contributed by atoms with Gasteiger partial charge in [0.15, 0.2) is 11.5 Å². The largest absolute Gasteiger partial charge is 0.504 e. The van der Waals surface area contributed by atoms with Crippen molar-refractivity contribution in [1.29, 1.82) is 5.26 Å². The van der Waals surface area contributed by atoms with Gasteiger partial charge in [-0.2, -0.15) is 5.26 Å². The quantitative estimate of drug-likeness (QED) is 0.365. The van der Waals surface area contributed by atoms with E-state index in [-0.39, 0.29) is 30.1 Å². The highest BCUT2D eigenvalue weighted by atomic mass is 16.5. The summed E-state index contributed by atoms with van der Waals surface area (Å²) >= 11 is 0. The number of nitriles is 1. The fourth-order valence-electron chi connectivity index (χ4n) is 1.30. The number of ether oxygens (including phenoxy) is 1. The summed E-state index contributed by atoms with van der Waals surface area (Å²) in [5.41, 5.74) is 0.590. The van der Waals surface area contributed by atoms with Crippen molar-refractivity contribution in [2.75, 3.05) is 6.61 Å². The molecule has 0 aliphatic carbocycles. The zero-order chi connectivity index (χ0) is 13.5. The predicted octanol–water partition coefficient (Wildman–Crippen LogP) is 1.65. The maximum atomic E-state index is 11.3. The van der Waals surface area contributed by atoms with Gasteiger partial charge in [0.1, 0.15) is 11.6 Å². The highest BCUT2D eigenvalue weighted by Crippen LogP contribution is 2.25. The molecule has 0 fully saturated rings. The summed E-state index contributed by atoms with van der Waals surface area (Å²) < 4.78 is 4.71. The molecule has 5 nitrogen and oxygen atoms in total. The molecule has 0 amide bonds. The van der Waals surface area contributed by atoms with Crippen LogP contribution in [0.3, 0.4) is 0 Å². The van der Waals surface area contributed by atoms with E-state index in [0.29, 0.717) is 5.56 Å². The average molecular weight is 247 g/mol. The molecule has 1 rings (SSSR count). The van der Waals surface area contributed by atoms with E-state index in [0.717, 1.165) is 0 Å². The van der Waals surface area contributed by atoms with E-state index in [1.807, 2.05) is 0 Å². The number of phenolic OH excluding ortho intramolecular Hbond substituents is 2. The van der Waals surface area contributed by atoms with E-state index in [1.54, 1.807) is 19.1 Å². The van der Waals surface area contributed by atoms with Crippen LogP contribution in [-0.4, -0.2) is 22.8 Å². The Morgan fingerprint density at radius 1 is 1.44 bits per heavy atom. The van der Waals surface area contributed by atoms with Crippen LogP contribution >= 0.6 is 0 Å². The molecule has 0 heterocycles. The van der Waals surface area contributed by atoms with Gasteiger partial charge < -0.3 is 14.9 Å². The molecule has 18 heavy (non-hydrogen) atoms. The van der Waals surface area contributed by atoms with Gasteiger partial charge in [0.05, 0.1) is 6.61 Å². The lowest BCUT2D eigenvalue weighted by atomic mass is 10.1. The summed E-state index contributed by atoms with van der Waals surface area (Å²) in [6, 6.07) is 6.06. The molecule has 1 aromatic rings. The van der Waals surface area contributed by atoms with Gasteiger partial charge in [0.2, 0.25) is 0 Å². The van der Waals surface area contributed by atoms with Crippen molar-refractivity contribution in [3.63, 3.8) is 0 Å². The molecule has 2 N–H and O–H groups in total.